The van der Waals surface area contributed by atoms with Crippen LogP contribution < -0.4 is 9.80 Å². The van der Waals surface area contributed by atoms with Crippen LogP contribution in [0.3, 0.4) is 0 Å². The molecule has 2 aliphatic rings. The lowest BCUT2D eigenvalue weighted by Gasteiger charge is -2.40. The first-order valence-electron chi connectivity index (χ1n) is 12.9. The van der Waals surface area contributed by atoms with Crippen molar-refractivity contribution in [3.8, 4) is 17.2 Å². The Bertz CT molecular complexity index is 1700. The molecule has 2 fully saturated rings. The maximum Gasteiger partial charge on any atom is 0.282 e. The van der Waals surface area contributed by atoms with Crippen molar-refractivity contribution in [1.29, 1.82) is 5.26 Å². The largest absolute Gasteiger partial charge is 0.358 e. The predicted octanol–water partition coefficient (Wildman–Crippen LogP) is 3.45. The summed E-state index contributed by atoms with van der Waals surface area (Å²) in [5, 5.41) is 13.9. The van der Waals surface area contributed by atoms with Crippen LogP contribution in [0.5, 0.6) is 0 Å². The van der Waals surface area contributed by atoms with Gasteiger partial charge in [-0.25, -0.2) is 26.7 Å². The third kappa shape index (κ3) is 5.10. The summed E-state index contributed by atoms with van der Waals surface area (Å²) in [4.78, 5) is 11.2. The van der Waals surface area contributed by atoms with E-state index >= 15 is 0 Å². The quantitative estimate of drug-likeness (QED) is 0.352. The van der Waals surface area contributed by atoms with E-state index in [9.17, 15) is 22.5 Å². The highest BCUT2D eigenvalue weighted by molar-refractivity contribution is 7.90. The number of halogens is 2. The summed E-state index contributed by atoms with van der Waals surface area (Å²) in [5.74, 6) is -1.86. The van der Waals surface area contributed by atoms with Crippen molar-refractivity contribution >= 4 is 26.9 Å². The molecule has 0 bridgehead atoms. The third-order valence-corrected chi connectivity index (χ3v) is 8.57. The van der Waals surface area contributed by atoms with Crippen LogP contribution in [0.4, 0.5) is 20.3 Å². The molecule has 0 spiro atoms. The SMILES string of the molecule is CS(=O)(=O)c1ccc(CN2CCN(c3ccc(-c4cc(N5CC(F)(F)C5)cn5ncc(C#N)c45)cn3)CC2)cc1. The van der Waals surface area contributed by atoms with E-state index < -0.39 is 15.8 Å². The number of hydrogen-bond donors (Lipinski definition) is 0. The van der Waals surface area contributed by atoms with E-state index in [0.29, 0.717) is 27.2 Å². The minimum Gasteiger partial charge on any atom is -0.358 e. The van der Waals surface area contributed by atoms with E-state index in [0.717, 1.165) is 49.7 Å². The standard InChI is InChI=1S/C28H27F2N7O2S/c1-40(38,39)24-5-2-20(3-6-24)16-34-8-10-35(11-9-34)26-7-4-21(14-32-26)25-12-23(36-18-28(29,30)19-36)17-37-27(25)22(13-31)15-33-37/h2-7,12,14-15,17H,8-11,16,18-19H2,1H3. The Kier molecular flexibility index (Phi) is 6.43. The molecule has 6 rings (SSSR count). The first kappa shape index (κ1) is 26.2. The van der Waals surface area contributed by atoms with Gasteiger partial charge in [0.1, 0.15) is 11.9 Å². The number of nitrogens with zero attached hydrogens (tertiary/aromatic N) is 7. The lowest BCUT2D eigenvalue weighted by atomic mass is 10.0. The molecule has 0 N–H and O–H groups in total. The van der Waals surface area contributed by atoms with Crippen LogP contribution >= 0.6 is 0 Å². The van der Waals surface area contributed by atoms with Gasteiger partial charge in [-0.2, -0.15) is 10.4 Å². The number of pyridine rings is 2. The van der Waals surface area contributed by atoms with Crippen molar-refractivity contribution in [3.05, 3.63) is 72.2 Å². The molecule has 40 heavy (non-hydrogen) atoms. The van der Waals surface area contributed by atoms with Crippen molar-refractivity contribution in [2.45, 2.75) is 17.4 Å². The van der Waals surface area contributed by atoms with Gasteiger partial charge in [0, 0.05) is 56.3 Å². The number of hydrogen-bond acceptors (Lipinski definition) is 8. The summed E-state index contributed by atoms with van der Waals surface area (Å²) in [6.07, 6.45) is 6.12. The molecule has 2 aliphatic heterocycles. The molecule has 5 heterocycles. The molecular weight excluding hydrogens is 536 g/mol. The molecule has 0 aliphatic carbocycles. The Hall–Kier alpha value is -4.08. The Morgan fingerprint density at radius 1 is 1.00 bits per heavy atom. The van der Waals surface area contributed by atoms with Gasteiger partial charge in [-0.05, 0) is 35.9 Å². The molecule has 0 atom stereocenters. The molecule has 2 saturated heterocycles. The maximum absolute atomic E-state index is 13.5. The number of benzene rings is 1. The molecule has 206 valence electrons. The molecule has 0 radical (unpaired) electrons. The van der Waals surface area contributed by atoms with Gasteiger partial charge >= 0.3 is 0 Å². The Labute approximate surface area is 230 Å². The van der Waals surface area contributed by atoms with Gasteiger partial charge in [0.15, 0.2) is 9.84 Å². The van der Waals surface area contributed by atoms with Gasteiger partial charge in [-0.3, -0.25) is 4.90 Å². The zero-order valence-electron chi connectivity index (χ0n) is 21.8. The number of alkyl halides is 2. The van der Waals surface area contributed by atoms with Crippen molar-refractivity contribution in [3.63, 3.8) is 0 Å². The monoisotopic (exact) mass is 563 g/mol. The third-order valence-electron chi connectivity index (χ3n) is 7.44. The van der Waals surface area contributed by atoms with Crippen LogP contribution in [0.15, 0.2) is 66.0 Å². The van der Waals surface area contributed by atoms with E-state index in [1.165, 1.54) is 12.5 Å². The predicted molar refractivity (Wildman–Crippen MR) is 147 cm³/mol. The topological polar surface area (TPSA) is 97.8 Å². The minimum absolute atomic E-state index is 0.322. The Morgan fingerprint density at radius 3 is 2.33 bits per heavy atom. The second-order valence-electron chi connectivity index (χ2n) is 10.4. The zero-order valence-corrected chi connectivity index (χ0v) is 22.7. The summed E-state index contributed by atoms with van der Waals surface area (Å²) in [6, 6.07) is 14.9. The number of rotatable bonds is 6. The summed E-state index contributed by atoms with van der Waals surface area (Å²) < 4.78 is 52.0. The van der Waals surface area contributed by atoms with Gasteiger partial charge in [0.05, 0.1) is 47.1 Å². The lowest BCUT2D eigenvalue weighted by Crippen LogP contribution is -2.56. The lowest BCUT2D eigenvalue weighted by molar-refractivity contribution is -0.0263. The van der Waals surface area contributed by atoms with E-state index in [1.807, 2.05) is 30.3 Å². The van der Waals surface area contributed by atoms with Crippen LogP contribution in [0.2, 0.25) is 0 Å². The second kappa shape index (κ2) is 9.83. The van der Waals surface area contributed by atoms with E-state index in [2.05, 4.69) is 21.0 Å². The van der Waals surface area contributed by atoms with Gasteiger partial charge < -0.3 is 9.80 Å². The maximum atomic E-state index is 13.5. The first-order valence-corrected chi connectivity index (χ1v) is 14.8. The highest BCUT2D eigenvalue weighted by Crippen LogP contribution is 2.36. The van der Waals surface area contributed by atoms with Crippen LogP contribution in [0, 0.1) is 11.3 Å². The molecule has 3 aromatic heterocycles. The molecule has 0 amide bonds. The average molecular weight is 564 g/mol. The van der Waals surface area contributed by atoms with Crippen molar-refractivity contribution < 1.29 is 17.2 Å². The van der Waals surface area contributed by atoms with Crippen LogP contribution in [-0.4, -0.2) is 79.4 Å². The van der Waals surface area contributed by atoms with E-state index in [-0.39, 0.29) is 13.1 Å². The van der Waals surface area contributed by atoms with Crippen molar-refractivity contribution in [1.82, 2.24) is 19.5 Å². The Balaban J connectivity index is 1.16. The van der Waals surface area contributed by atoms with Gasteiger partial charge in [-0.1, -0.05) is 12.1 Å². The highest BCUT2D eigenvalue weighted by atomic mass is 32.2. The minimum atomic E-state index is -3.21. The fraction of sp³-hybridized carbons (Fsp3) is 0.321. The number of sulfone groups is 1. The van der Waals surface area contributed by atoms with Crippen LogP contribution in [-0.2, 0) is 16.4 Å². The summed E-state index contributed by atoms with van der Waals surface area (Å²) >= 11 is 0. The number of nitriles is 1. The molecular formula is C28H27F2N7O2S. The van der Waals surface area contributed by atoms with Crippen molar-refractivity contribution in [2.75, 3.05) is 55.3 Å². The van der Waals surface area contributed by atoms with E-state index in [4.69, 9.17) is 4.98 Å². The fourth-order valence-electron chi connectivity index (χ4n) is 5.24. The molecule has 9 nitrogen and oxygen atoms in total. The fourth-order valence-corrected chi connectivity index (χ4v) is 5.88. The van der Waals surface area contributed by atoms with Crippen molar-refractivity contribution in [2.24, 2.45) is 0 Å². The number of anilines is 2. The van der Waals surface area contributed by atoms with E-state index in [1.54, 1.807) is 33.9 Å². The van der Waals surface area contributed by atoms with Crippen LogP contribution in [0.1, 0.15) is 11.1 Å². The summed E-state index contributed by atoms with van der Waals surface area (Å²) in [6.45, 7) is 3.30. The van der Waals surface area contributed by atoms with Crippen LogP contribution in [0.25, 0.3) is 16.6 Å². The number of piperazine rings is 1. The molecule has 4 aromatic rings. The number of aromatic nitrogens is 3. The summed E-state index contributed by atoms with van der Waals surface area (Å²) in [7, 11) is -3.21. The molecule has 1 aromatic carbocycles. The van der Waals surface area contributed by atoms with Gasteiger partial charge in [-0.15, -0.1) is 0 Å². The first-order chi connectivity index (χ1) is 19.1. The molecule has 0 saturated carbocycles. The summed E-state index contributed by atoms with van der Waals surface area (Å²) in [5.41, 5.74) is 4.19. The normalized spacial score (nSPS) is 17.6. The zero-order chi connectivity index (χ0) is 28.1. The molecule has 12 heteroatoms. The van der Waals surface area contributed by atoms with Gasteiger partial charge in [0.2, 0.25) is 0 Å². The Morgan fingerprint density at radius 2 is 1.73 bits per heavy atom. The van der Waals surface area contributed by atoms with Gasteiger partial charge in [0.25, 0.3) is 5.92 Å². The highest BCUT2D eigenvalue weighted by Gasteiger charge is 2.44. The number of fused-ring (bicyclic) bond motifs is 1. The molecule has 0 unspecified atom stereocenters. The second-order valence-corrected chi connectivity index (χ2v) is 12.4. The average Bonchev–Trinajstić information content (AvgIpc) is 3.35. The smallest absolute Gasteiger partial charge is 0.282 e.